The Labute approximate surface area is 139 Å². The molecule has 0 aliphatic carbocycles. The van der Waals surface area contributed by atoms with E-state index >= 15 is 0 Å². The van der Waals surface area contributed by atoms with Crippen molar-refractivity contribution in [1.82, 2.24) is 10.3 Å². The molecule has 2 aromatic carbocycles. The first-order chi connectivity index (χ1) is 11.7. The molecule has 0 aliphatic rings. The van der Waals surface area contributed by atoms with E-state index in [4.69, 9.17) is 4.74 Å². The van der Waals surface area contributed by atoms with Crippen LogP contribution in [0.25, 0.3) is 10.9 Å². The Bertz CT molecular complexity index is 815. The zero-order valence-electron chi connectivity index (χ0n) is 13.2. The van der Waals surface area contributed by atoms with Crippen molar-refractivity contribution >= 4 is 16.8 Å². The molecule has 0 aliphatic heterocycles. The number of aromatic amines is 1. The van der Waals surface area contributed by atoms with Crippen LogP contribution in [0.1, 0.15) is 12.0 Å². The first kappa shape index (κ1) is 16.1. The third-order valence-corrected chi connectivity index (χ3v) is 3.79. The standard InChI is InChI=1S/C19H19FN2O2/c20-15-6-7-18-17(12-15)14(13-22-18)8-10-21-19(23)9-11-24-16-4-2-1-3-5-16/h1-7,12-13,22H,8-11H2,(H,21,23). The number of hydrogen-bond acceptors (Lipinski definition) is 2. The summed E-state index contributed by atoms with van der Waals surface area (Å²) in [6.45, 7) is 0.849. The van der Waals surface area contributed by atoms with E-state index in [1.807, 2.05) is 36.5 Å². The number of ether oxygens (including phenoxy) is 1. The van der Waals surface area contributed by atoms with Crippen LogP contribution in [0.2, 0.25) is 0 Å². The summed E-state index contributed by atoms with van der Waals surface area (Å²) in [7, 11) is 0. The van der Waals surface area contributed by atoms with Gasteiger partial charge in [-0.15, -0.1) is 0 Å². The van der Waals surface area contributed by atoms with Crippen molar-refractivity contribution in [3.05, 3.63) is 66.1 Å². The highest BCUT2D eigenvalue weighted by molar-refractivity contribution is 5.83. The van der Waals surface area contributed by atoms with Gasteiger partial charge in [0.1, 0.15) is 11.6 Å². The van der Waals surface area contributed by atoms with Gasteiger partial charge in [0.25, 0.3) is 0 Å². The minimum atomic E-state index is -0.259. The van der Waals surface area contributed by atoms with Crippen LogP contribution in [0.4, 0.5) is 4.39 Å². The number of fused-ring (bicyclic) bond motifs is 1. The molecule has 1 heterocycles. The summed E-state index contributed by atoms with van der Waals surface area (Å²) in [5, 5.41) is 3.72. The van der Waals surface area contributed by atoms with Crippen LogP contribution in [0, 0.1) is 5.82 Å². The van der Waals surface area contributed by atoms with Crippen LogP contribution in [0.15, 0.2) is 54.7 Å². The minimum absolute atomic E-state index is 0.0584. The van der Waals surface area contributed by atoms with Gasteiger partial charge in [-0.2, -0.15) is 0 Å². The second kappa shape index (κ2) is 7.64. The molecule has 2 N–H and O–H groups in total. The van der Waals surface area contributed by atoms with Crippen molar-refractivity contribution in [3.63, 3.8) is 0 Å². The molecule has 0 spiro atoms. The van der Waals surface area contributed by atoms with E-state index in [0.29, 0.717) is 26.0 Å². The molecule has 4 nitrogen and oxygen atoms in total. The van der Waals surface area contributed by atoms with Gasteiger partial charge in [0.2, 0.25) is 5.91 Å². The highest BCUT2D eigenvalue weighted by Crippen LogP contribution is 2.19. The number of aromatic nitrogens is 1. The Morgan fingerprint density at radius 2 is 2.00 bits per heavy atom. The molecule has 0 saturated carbocycles. The van der Waals surface area contributed by atoms with Crippen molar-refractivity contribution in [1.29, 1.82) is 0 Å². The molecule has 3 aromatic rings. The minimum Gasteiger partial charge on any atom is -0.493 e. The van der Waals surface area contributed by atoms with Crippen molar-refractivity contribution in [2.24, 2.45) is 0 Å². The van der Waals surface area contributed by atoms with Gasteiger partial charge in [0, 0.05) is 23.6 Å². The first-order valence-electron chi connectivity index (χ1n) is 7.92. The molecule has 0 fully saturated rings. The Morgan fingerprint density at radius 1 is 1.17 bits per heavy atom. The molecule has 1 amide bonds. The third kappa shape index (κ3) is 4.13. The molecule has 24 heavy (non-hydrogen) atoms. The van der Waals surface area contributed by atoms with Gasteiger partial charge in [0.15, 0.2) is 0 Å². The van der Waals surface area contributed by atoms with Gasteiger partial charge in [-0.25, -0.2) is 4.39 Å². The van der Waals surface area contributed by atoms with Crippen LogP contribution in [0.3, 0.4) is 0 Å². The second-order valence-corrected chi connectivity index (χ2v) is 5.52. The van der Waals surface area contributed by atoms with E-state index in [0.717, 1.165) is 22.2 Å². The summed E-state index contributed by atoms with van der Waals surface area (Å²) >= 11 is 0. The van der Waals surface area contributed by atoms with Crippen LogP contribution in [-0.2, 0) is 11.2 Å². The molecule has 3 rings (SSSR count). The summed E-state index contributed by atoms with van der Waals surface area (Å²) in [5.41, 5.74) is 1.89. The van der Waals surface area contributed by atoms with Gasteiger partial charge in [-0.1, -0.05) is 18.2 Å². The van der Waals surface area contributed by atoms with E-state index in [1.165, 1.54) is 12.1 Å². The number of hydrogen-bond donors (Lipinski definition) is 2. The van der Waals surface area contributed by atoms with E-state index in [9.17, 15) is 9.18 Å². The topological polar surface area (TPSA) is 54.1 Å². The zero-order chi connectivity index (χ0) is 16.8. The van der Waals surface area contributed by atoms with E-state index in [1.54, 1.807) is 6.07 Å². The van der Waals surface area contributed by atoms with Gasteiger partial charge in [-0.05, 0) is 42.3 Å². The number of H-pyrrole nitrogens is 1. The summed E-state index contributed by atoms with van der Waals surface area (Å²) in [6, 6.07) is 14.1. The van der Waals surface area contributed by atoms with Crippen LogP contribution in [-0.4, -0.2) is 24.0 Å². The molecule has 0 saturated heterocycles. The fraction of sp³-hybridized carbons (Fsp3) is 0.211. The molecule has 124 valence electrons. The smallest absolute Gasteiger partial charge is 0.223 e. The number of carbonyl (C=O) groups excluding carboxylic acids is 1. The Balaban J connectivity index is 1.42. The molecular weight excluding hydrogens is 307 g/mol. The fourth-order valence-corrected chi connectivity index (χ4v) is 2.56. The normalized spacial score (nSPS) is 10.7. The Morgan fingerprint density at radius 3 is 2.83 bits per heavy atom. The highest BCUT2D eigenvalue weighted by Gasteiger charge is 2.06. The Kier molecular flexibility index (Phi) is 5.11. The number of para-hydroxylation sites is 1. The van der Waals surface area contributed by atoms with Gasteiger partial charge in [-0.3, -0.25) is 4.79 Å². The maximum atomic E-state index is 13.3. The molecule has 0 unspecified atom stereocenters. The number of amides is 1. The quantitative estimate of drug-likeness (QED) is 0.699. The lowest BCUT2D eigenvalue weighted by molar-refractivity contribution is -0.121. The SMILES string of the molecule is O=C(CCOc1ccccc1)NCCc1c[nH]c2ccc(F)cc12. The maximum absolute atomic E-state index is 13.3. The molecule has 0 atom stereocenters. The zero-order valence-corrected chi connectivity index (χ0v) is 13.2. The summed E-state index contributed by atoms with van der Waals surface area (Å²) in [5.74, 6) is 0.438. The van der Waals surface area contributed by atoms with Gasteiger partial charge in [0.05, 0.1) is 13.0 Å². The van der Waals surface area contributed by atoms with E-state index in [2.05, 4.69) is 10.3 Å². The number of benzene rings is 2. The van der Waals surface area contributed by atoms with Crippen molar-refractivity contribution in [2.75, 3.05) is 13.2 Å². The van der Waals surface area contributed by atoms with Crippen molar-refractivity contribution < 1.29 is 13.9 Å². The lowest BCUT2D eigenvalue weighted by atomic mass is 10.1. The molecular formula is C19H19FN2O2. The summed E-state index contributed by atoms with van der Waals surface area (Å²) < 4.78 is 18.8. The van der Waals surface area contributed by atoms with Crippen molar-refractivity contribution in [2.45, 2.75) is 12.8 Å². The van der Waals surface area contributed by atoms with Crippen LogP contribution >= 0.6 is 0 Å². The molecule has 1 aromatic heterocycles. The molecule has 5 heteroatoms. The predicted octanol–water partition coefficient (Wildman–Crippen LogP) is 3.43. The molecule has 0 radical (unpaired) electrons. The summed E-state index contributed by atoms with van der Waals surface area (Å²) in [4.78, 5) is 14.9. The van der Waals surface area contributed by atoms with Gasteiger partial charge >= 0.3 is 0 Å². The van der Waals surface area contributed by atoms with E-state index in [-0.39, 0.29) is 11.7 Å². The van der Waals surface area contributed by atoms with Crippen LogP contribution in [0.5, 0.6) is 5.75 Å². The Hall–Kier alpha value is -2.82. The van der Waals surface area contributed by atoms with Crippen LogP contribution < -0.4 is 10.1 Å². The number of nitrogens with one attached hydrogen (secondary N) is 2. The summed E-state index contributed by atoms with van der Waals surface area (Å²) in [6.07, 6.45) is 2.81. The number of rotatable bonds is 7. The average molecular weight is 326 g/mol. The van der Waals surface area contributed by atoms with E-state index < -0.39 is 0 Å². The fourth-order valence-electron chi connectivity index (χ4n) is 2.56. The third-order valence-electron chi connectivity index (χ3n) is 3.79. The number of halogens is 1. The number of carbonyl (C=O) groups is 1. The largest absolute Gasteiger partial charge is 0.493 e. The highest BCUT2D eigenvalue weighted by atomic mass is 19.1. The average Bonchev–Trinajstić information content (AvgIpc) is 2.98. The lowest BCUT2D eigenvalue weighted by Crippen LogP contribution is -2.27. The lowest BCUT2D eigenvalue weighted by Gasteiger charge is -2.07. The first-order valence-corrected chi connectivity index (χ1v) is 7.92. The van der Waals surface area contributed by atoms with Gasteiger partial charge < -0.3 is 15.0 Å². The maximum Gasteiger partial charge on any atom is 0.223 e. The van der Waals surface area contributed by atoms with Crippen molar-refractivity contribution in [3.8, 4) is 5.75 Å². The second-order valence-electron chi connectivity index (χ2n) is 5.52. The molecule has 0 bridgehead atoms. The monoisotopic (exact) mass is 326 g/mol. The predicted molar refractivity (Wildman–Crippen MR) is 91.5 cm³/mol.